The van der Waals surface area contributed by atoms with Crippen molar-refractivity contribution in [3.8, 4) is 0 Å². The number of thioether (sulfide) groups is 4. The van der Waals surface area contributed by atoms with E-state index in [1.54, 1.807) is 0 Å². The fraction of sp³-hybridized carbons (Fsp3) is 0.684. The number of fused-ring (bicyclic) bond motifs is 7. The SMILES string of the molecule is CC1C(C)C(C)C2SC3C(SC2C1C)C(Br)C1SC2C(C)C(C)C(C)C(C)C2SC1C3n1c2ccccc2c2ccccc21. The predicted molar refractivity (Wildman–Crippen MR) is 205 cm³/mol. The Morgan fingerprint density at radius 1 is 0.432 bits per heavy atom. The van der Waals surface area contributed by atoms with Gasteiger partial charge in [-0.15, -0.1) is 0 Å². The Morgan fingerprint density at radius 2 is 0.750 bits per heavy atom. The van der Waals surface area contributed by atoms with Crippen LogP contribution in [0.25, 0.3) is 21.8 Å². The van der Waals surface area contributed by atoms with Gasteiger partial charge in [0, 0.05) is 68.6 Å². The first kappa shape index (κ1) is 31.4. The molecule has 2 aliphatic heterocycles. The molecule has 1 nitrogen and oxygen atoms in total. The summed E-state index contributed by atoms with van der Waals surface area (Å²) in [6.45, 7) is 20.5. The smallest absolute Gasteiger partial charge is 0.0602 e. The van der Waals surface area contributed by atoms with Crippen LogP contribution in [0.5, 0.6) is 0 Å². The van der Waals surface area contributed by atoms with Crippen molar-refractivity contribution in [1.82, 2.24) is 4.57 Å². The van der Waals surface area contributed by atoms with Crippen molar-refractivity contribution in [2.24, 2.45) is 47.3 Å². The highest BCUT2D eigenvalue weighted by Crippen LogP contribution is 2.66. The zero-order valence-electron chi connectivity index (χ0n) is 27.5. The van der Waals surface area contributed by atoms with E-state index in [4.69, 9.17) is 0 Å². The summed E-state index contributed by atoms with van der Waals surface area (Å²) in [6, 6.07) is 19.1. The molecule has 3 aromatic rings. The van der Waals surface area contributed by atoms with E-state index in [-0.39, 0.29) is 0 Å². The summed E-state index contributed by atoms with van der Waals surface area (Å²) in [6.07, 6.45) is 0. The minimum absolute atomic E-state index is 0.481. The van der Waals surface area contributed by atoms with E-state index in [1.807, 2.05) is 0 Å². The molecule has 8 rings (SSSR count). The first-order valence-electron chi connectivity index (χ1n) is 17.3. The van der Waals surface area contributed by atoms with Crippen LogP contribution in [0.1, 0.15) is 61.4 Å². The van der Waals surface area contributed by atoms with Crippen molar-refractivity contribution in [3.63, 3.8) is 0 Å². The second-order valence-electron chi connectivity index (χ2n) is 15.5. The van der Waals surface area contributed by atoms with E-state index < -0.39 is 0 Å². The molecule has 6 heteroatoms. The van der Waals surface area contributed by atoms with Gasteiger partial charge in [-0.3, -0.25) is 0 Å². The average molecular weight is 729 g/mol. The molecule has 0 amide bonds. The van der Waals surface area contributed by atoms with Gasteiger partial charge in [-0.25, -0.2) is 0 Å². The minimum Gasteiger partial charge on any atom is -0.335 e. The molecule has 3 heterocycles. The van der Waals surface area contributed by atoms with Crippen molar-refractivity contribution in [2.45, 2.75) is 108 Å². The fourth-order valence-electron chi connectivity index (χ4n) is 10.2. The molecule has 0 bridgehead atoms. The molecule has 238 valence electrons. The molecule has 0 spiro atoms. The van der Waals surface area contributed by atoms with Crippen molar-refractivity contribution in [1.29, 1.82) is 0 Å². The summed E-state index contributed by atoms with van der Waals surface area (Å²) in [5, 5.41) is 8.27. The summed E-state index contributed by atoms with van der Waals surface area (Å²) < 4.78 is 2.88. The lowest BCUT2D eigenvalue weighted by Gasteiger charge is -2.62. The molecule has 5 aliphatic rings. The number of rotatable bonds is 1. The van der Waals surface area contributed by atoms with Crippen LogP contribution in [-0.4, -0.2) is 51.4 Å². The summed E-state index contributed by atoms with van der Waals surface area (Å²) in [5.74, 6) is 6.22. The van der Waals surface area contributed by atoms with Crippen LogP contribution in [0.3, 0.4) is 0 Å². The zero-order valence-corrected chi connectivity index (χ0v) is 32.3. The number of halogens is 1. The quantitative estimate of drug-likeness (QED) is 0.230. The number of alkyl halides is 1. The Hall–Kier alpha value is 0.120. The number of nitrogens with zero attached hydrogens (tertiary/aromatic N) is 1. The van der Waals surface area contributed by atoms with Gasteiger partial charge in [0.15, 0.2) is 0 Å². The Morgan fingerprint density at radius 3 is 1.11 bits per heavy atom. The van der Waals surface area contributed by atoms with Crippen LogP contribution < -0.4 is 0 Å². The maximum absolute atomic E-state index is 4.54. The van der Waals surface area contributed by atoms with Gasteiger partial charge in [0.25, 0.3) is 0 Å². The molecule has 0 radical (unpaired) electrons. The minimum atomic E-state index is 0.481. The highest BCUT2D eigenvalue weighted by molar-refractivity contribution is 9.09. The molecular weight excluding hydrogens is 679 g/mol. The number of hydrogen-bond acceptors (Lipinski definition) is 4. The van der Waals surface area contributed by atoms with Crippen LogP contribution in [0.15, 0.2) is 48.5 Å². The van der Waals surface area contributed by atoms with Gasteiger partial charge in [0.2, 0.25) is 0 Å². The Bertz CT molecular complexity index is 1430. The normalized spacial score (nSPS) is 50.5. The van der Waals surface area contributed by atoms with E-state index >= 15 is 0 Å². The molecule has 3 aliphatic carbocycles. The maximum atomic E-state index is 4.54. The lowest BCUT2D eigenvalue weighted by molar-refractivity contribution is 0.146. The standard InChI is InChI=1S/C38H50BrNS4/c1-17-19(3)23(7)33-31(21(17)5)41-35-29(39)36-38(44-34-24(8)20(4)18(2)22(6)32(34)42-36)30(37(35)43-33)40-27-15-11-9-13-25(27)26-14-10-12-16-28(26)40/h9-24,29-38H,1-8H3. The molecule has 3 saturated carbocycles. The summed E-state index contributed by atoms with van der Waals surface area (Å²) in [7, 11) is 0. The Labute approximate surface area is 291 Å². The van der Waals surface area contributed by atoms with Crippen molar-refractivity contribution in [2.75, 3.05) is 0 Å². The van der Waals surface area contributed by atoms with Gasteiger partial charge in [-0.1, -0.05) is 108 Å². The average Bonchev–Trinajstić information content (AvgIpc) is 3.37. The lowest BCUT2D eigenvalue weighted by Crippen LogP contribution is -2.63. The van der Waals surface area contributed by atoms with Crippen molar-refractivity contribution >= 4 is 84.8 Å². The first-order valence-corrected chi connectivity index (χ1v) is 22.0. The van der Waals surface area contributed by atoms with Crippen LogP contribution in [0.4, 0.5) is 0 Å². The molecule has 0 N–H and O–H groups in total. The molecule has 2 aromatic carbocycles. The summed E-state index contributed by atoms with van der Waals surface area (Å²) in [4.78, 5) is 0.549. The van der Waals surface area contributed by atoms with Gasteiger partial charge in [0.05, 0.1) is 6.04 Å². The van der Waals surface area contributed by atoms with Crippen molar-refractivity contribution in [3.05, 3.63) is 48.5 Å². The van der Waals surface area contributed by atoms with Crippen LogP contribution in [0.2, 0.25) is 0 Å². The van der Waals surface area contributed by atoms with Gasteiger partial charge in [-0.05, 0) is 59.5 Å². The Kier molecular flexibility index (Phi) is 8.29. The van der Waals surface area contributed by atoms with E-state index in [9.17, 15) is 0 Å². The summed E-state index contributed by atoms with van der Waals surface area (Å²) in [5.41, 5.74) is 2.90. The van der Waals surface area contributed by atoms with Gasteiger partial charge in [0.1, 0.15) is 0 Å². The second-order valence-corrected chi connectivity index (χ2v) is 22.0. The van der Waals surface area contributed by atoms with Crippen molar-refractivity contribution < 1.29 is 0 Å². The topological polar surface area (TPSA) is 4.93 Å². The van der Waals surface area contributed by atoms with Crippen LogP contribution in [0, 0.1) is 47.3 Å². The largest absolute Gasteiger partial charge is 0.335 e. The number of aromatic nitrogens is 1. The summed E-state index contributed by atoms with van der Waals surface area (Å²) >= 11 is 14.3. The zero-order chi connectivity index (χ0) is 30.8. The number of hydrogen-bond donors (Lipinski definition) is 0. The molecule has 16 atom stereocenters. The molecule has 1 aromatic heterocycles. The molecule has 16 unspecified atom stereocenters. The molecule has 44 heavy (non-hydrogen) atoms. The van der Waals surface area contributed by atoms with Crippen LogP contribution >= 0.6 is 63.0 Å². The predicted octanol–water partition coefficient (Wildman–Crippen LogP) is 11.1. The van der Waals surface area contributed by atoms with E-state index in [0.29, 0.717) is 31.9 Å². The number of benzene rings is 2. The van der Waals surface area contributed by atoms with E-state index in [2.05, 4.69) is 171 Å². The van der Waals surface area contributed by atoms with Gasteiger partial charge in [-0.2, -0.15) is 47.0 Å². The third kappa shape index (κ3) is 4.48. The number of para-hydroxylation sites is 2. The Balaban J connectivity index is 1.30. The molecule has 2 saturated heterocycles. The monoisotopic (exact) mass is 727 g/mol. The first-order chi connectivity index (χ1) is 21.1. The highest BCUT2D eigenvalue weighted by atomic mass is 79.9. The lowest BCUT2D eigenvalue weighted by atomic mass is 9.69. The maximum Gasteiger partial charge on any atom is 0.0602 e. The van der Waals surface area contributed by atoms with E-state index in [0.717, 1.165) is 68.3 Å². The third-order valence-corrected chi connectivity index (χ3v) is 24.1. The molecular formula is C38H50BrNS4. The van der Waals surface area contributed by atoms with Gasteiger partial charge < -0.3 is 4.57 Å². The third-order valence-electron chi connectivity index (χ3n) is 13.8. The van der Waals surface area contributed by atoms with E-state index in [1.165, 1.54) is 21.8 Å². The van der Waals surface area contributed by atoms with Gasteiger partial charge >= 0.3 is 0 Å². The second kappa shape index (κ2) is 11.6. The fourth-order valence-corrected chi connectivity index (χ4v) is 21.6. The van der Waals surface area contributed by atoms with Crippen LogP contribution in [-0.2, 0) is 0 Å². The molecule has 5 fully saturated rings. The highest BCUT2D eigenvalue weighted by Gasteiger charge is 2.62.